The van der Waals surface area contributed by atoms with Crippen LogP contribution in [0.25, 0.3) is 32.6 Å². The first-order chi connectivity index (χ1) is 13.3. The van der Waals surface area contributed by atoms with E-state index in [4.69, 9.17) is 4.42 Å². The SMILES string of the molecule is CN(Cc1ccc2ccccc2c1)Cc1cc2cnc3ccccc3c2o1. The summed E-state index contributed by atoms with van der Waals surface area (Å²) in [6, 6.07) is 25.3. The second kappa shape index (κ2) is 6.53. The summed E-state index contributed by atoms with van der Waals surface area (Å²) in [7, 11) is 2.12. The second-order valence-electron chi connectivity index (χ2n) is 7.13. The Bertz CT molecular complexity index is 1260. The average Bonchev–Trinajstić information content (AvgIpc) is 3.10. The summed E-state index contributed by atoms with van der Waals surface area (Å²) >= 11 is 0. The number of hydrogen-bond donors (Lipinski definition) is 0. The zero-order valence-corrected chi connectivity index (χ0v) is 15.2. The van der Waals surface area contributed by atoms with Gasteiger partial charge in [-0.25, -0.2) is 0 Å². The lowest BCUT2D eigenvalue weighted by molar-refractivity contribution is 0.292. The molecular weight excluding hydrogens is 332 g/mol. The van der Waals surface area contributed by atoms with Crippen molar-refractivity contribution in [2.45, 2.75) is 13.1 Å². The standard InChI is InChI=1S/C24H20N2O/c1-26(15-17-10-11-18-6-2-3-7-19(18)12-17)16-21-13-20-14-25-23-9-5-4-8-22(23)24(20)27-21/h2-14H,15-16H2,1H3. The van der Waals surface area contributed by atoms with Crippen LogP contribution in [0.4, 0.5) is 0 Å². The predicted molar refractivity (Wildman–Crippen MR) is 111 cm³/mol. The molecule has 0 amide bonds. The summed E-state index contributed by atoms with van der Waals surface area (Å²) < 4.78 is 6.18. The summed E-state index contributed by atoms with van der Waals surface area (Å²) in [6.07, 6.45) is 1.90. The van der Waals surface area contributed by atoms with Gasteiger partial charge in [0, 0.05) is 23.5 Å². The third-order valence-electron chi connectivity index (χ3n) is 5.00. The third kappa shape index (κ3) is 3.07. The van der Waals surface area contributed by atoms with Crippen LogP contribution >= 0.6 is 0 Å². The topological polar surface area (TPSA) is 29.3 Å². The van der Waals surface area contributed by atoms with E-state index in [0.717, 1.165) is 40.7 Å². The molecule has 0 bridgehead atoms. The Hall–Kier alpha value is -3.17. The van der Waals surface area contributed by atoms with E-state index in [1.54, 1.807) is 0 Å². The Morgan fingerprint density at radius 1 is 0.815 bits per heavy atom. The first-order valence-electron chi connectivity index (χ1n) is 9.19. The van der Waals surface area contributed by atoms with Crippen LogP contribution in [0.5, 0.6) is 0 Å². The van der Waals surface area contributed by atoms with E-state index >= 15 is 0 Å². The third-order valence-corrected chi connectivity index (χ3v) is 5.00. The number of benzene rings is 3. The smallest absolute Gasteiger partial charge is 0.145 e. The highest BCUT2D eigenvalue weighted by molar-refractivity contribution is 6.01. The summed E-state index contributed by atoms with van der Waals surface area (Å²) in [5, 5.41) is 4.69. The Balaban J connectivity index is 1.39. The maximum atomic E-state index is 6.18. The lowest BCUT2D eigenvalue weighted by Crippen LogP contribution is -2.16. The van der Waals surface area contributed by atoms with Gasteiger partial charge in [0.05, 0.1) is 12.1 Å². The number of aromatic nitrogens is 1. The van der Waals surface area contributed by atoms with Gasteiger partial charge < -0.3 is 4.42 Å². The monoisotopic (exact) mass is 352 g/mol. The number of nitrogens with zero attached hydrogens (tertiary/aromatic N) is 2. The molecule has 5 aromatic rings. The van der Waals surface area contributed by atoms with Crippen molar-refractivity contribution in [3.8, 4) is 0 Å². The molecular formula is C24H20N2O. The molecule has 3 aromatic carbocycles. The van der Waals surface area contributed by atoms with Crippen LogP contribution in [-0.4, -0.2) is 16.9 Å². The maximum Gasteiger partial charge on any atom is 0.145 e. The highest BCUT2D eigenvalue weighted by Gasteiger charge is 2.10. The van der Waals surface area contributed by atoms with Crippen molar-refractivity contribution in [1.82, 2.24) is 9.88 Å². The van der Waals surface area contributed by atoms with Crippen LogP contribution in [0.3, 0.4) is 0 Å². The van der Waals surface area contributed by atoms with Crippen LogP contribution in [0, 0.1) is 0 Å². The van der Waals surface area contributed by atoms with Gasteiger partial charge in [-0.05, 0) is 47.6 Å². The van der Waals surface area contributed by atoms with Crippen LogP contribution in [0.15, 0.2) is 83.4 Å². The molecule has 0 fully saturated rings. The van der Waals surface area contributed by atoms with E-state index in [-0.39, 0.29) is 0 Å². The molecule has 0 N–H and O–H groups in total. The molecule has 0 aliphatic rings. The minimum absolute atomic E-state index is 0.760. The summed E-state index contributed by atoms with van der Waals surface area (Å²) in [4.78, 5) is 6.80. The van der Waals surface area contributed by atoms with E-state index in [9.17, 15) is 0 Å². The van der Waals surface area contributed by atoms with Crippen LogP contribution in [0.2, 0.25) is 0 Å². The molecule has 132 valence electrons. The van der Waals surface area contributed by atoms with Gasteiger partial charge in [-0.1, -0.05) is 48.5 Å². The average molecular weight is 352 g/mol. The van der Waals surface area contributed by atoms with Crippen molar-refractivity contribution in [3.63, 3.8) is 0 Å². The Morgan fingerprint density at radius 2 is 1.63 bits per heavy atom. The van der Waals surface area contributed by atoms with Crippen molar-refractivity contribution in [3.05, 3.63) is 90.3 Å². The van der Waals surface area contributed by atoms with Crippen molar-refractivity contribution in [2.75, 3.05) is 7.05 Å². The Morgan fingerprint density at radius 3 is 2.56 bits per heavy atom. The predicted octanol–water partition coefficient (Wildman–Crippen LogP) is 5.77. The molecule has 3 heteroatoms. The zero-order chi connectivity index (χ0) is 18.2. The molecule has 27 heavy (non-hydrogen) atoms. The van der Waals surface area contributed by atoms with Gasteiger partial charge in [0.2, 0.25) is 0 Å². The van der Waals surface area contributed by atoms with Gasteiger partial charge in [-0.15, -0.1) is 0 Å². The molecule has 0 aliphatic carbocycles. The molecule has 0 aliphatic heterocycles. The Kier molecular flexibility index (Phi) is 3.88. The van der Waals surface area contributed by atoms with Crippen molar-refractivity contribution >= 4 is 32.6 Å². The minimum atomic E-state index is 0.760. The molecule has 0 saturated carbocycles. The molecule has 0 radical (unpaired) electrons. The highest BCUT2D eigenvalue weighted by Crippen LogP contribution is 2.27. The van der Waals surface area contributed by atoms with E-state index in [1.165, 1.54) is 16.3 Å². The molecule has 0 spiro atoms. The van der Waals surface area contributed by atoms with Crippen molar-refractivity contribution in [2.24, 2.45) is 0 Å². The van der Waals surface area contributed by atoms with Crippen LogP contribution in [-0.2, 0) is 13.1 Å². The van der Waals surface area contributed by atoms with Gasteiger partial charge in [-0.3, -0.25) is 9.88 Å². The van der Waals surface area contributed by atoms with E-state index in [2.05, 4.69) is 71.5 Å². The molecule has 3 nitrogen and oxygen atoms in total. The molecule has 2 aromatic heterocycles. The molecule has 0 atom stereocenters. The lowest BCUT2D eigenvalue weighted by Gasteiger charge is -2.15. The number of hydrogen-bond acceptors (Lipinski definition) is 3. The highest BCUT2D eigenvalue weighted by atomic mass is 16.3. The summed E-state index contributed by atoms with van der Waals surface area (Å²) in [5.74, 6) is 0.964. The summed E-state index contributed by atoms with van der Waals surface area (Å²) in [5.41, 5.74) is 3.20. The van der Waals surface area contributed by atoms with Crippen LogP contribution < -0.4 is 0 Å². The van der Waals surface area contributed by atoms with Gasteiger partial charge in [0.15, 0.2) is 0 Å². The first-order valence-corrected chi connectivity index (χ1v) is 9.19. The first kappa shape index (κ1) is 16.0. The van der Waals surface area contributed by atoms with Gasteiger partial charge >= 0.3 is 0 Å². The normalized spacial score (nSPS) is 11.8. The molecule has 0 saturated heterocycles. The van der Waals surface area contributed by atoms with Crippen LogP contribution in [0.1, 0.15) is 11.3 Å². The van der Waals surface area contributed by atoms with E-state index < -0.39 is 0 Å². The van der Waals surface area contributed by atoms with E-state index in [1.807, 2.05) is 24.4 Å². The fourth-order valence-corrected chi connectivity index (χ4v) is 3.73. The van der Waals surface area contributed by atoms with Gasteiger partial charge in [0.1, 0.15) is 11.3 Å². The second-order valence-corrected chi connectivity index (χ2v) is 7.13. The quantitative estimate of drug-likeness (QED) is 0.411. The molecule has 5 rings (SSSR count). The lowest BCUT2D eigenvalue weighted by atomic mass is 10.1. The van der Waals surface area contributed by atoms with E-state index in [0.29, 0.717) is 0 Å². The summed E-state index contributed by atoms with van der Waals surface area (Å²) in [6.45, 7) is 1.64. The number of rotatable bonds is 4. The largest absolute Gasteiger partial charge is 0.459 e. The van der Waals surface area contributed by atoms with Crippen molar-refractivity contribution in [1.29, 1.82) is 0 Å². The number of furan rings is 1. The number of pyridine rings is 1. The molecule has 0 unspecified atom stereocenters. The Labute approximate surface area is 157 Å². The zero-order valence-electron chi connectivity index (χ0n) is 15.2. The van der Waals surface area contributed by atoms with Crippen molar-refractivity contribution < 1.29 is 4.42 Å². The molecule has 2 heterocycles. The fraction of sp³-hybridized carbons (Fsp3) is 0.125. The minimum Gasteiger partial charge on any atom is -0.459 e. The fourth-order valence-electron chi connectivity index (χ4n) is 3.73. The van der Waals surface area contributed by atoms with Gasteiger partial charge in [0.25, 0.3) is 0 Å². The number of fused-ring (bicyclic) bond motifs is 4. The maximum absolute atomic E-state index is 6.18. The van der Waals surface area contributed by atoms with Gasteiger partial charge in [-0.2, -0.15) is 0 Å². The number of para-hydroxylation sites is 1.